The van der Waals surface area contributed by atoms with E-state index in [0.717, 1.165) is 28.3 Å². The van der Waals surface area contributed by atoms with Gasteiger partial charge in [-0.05, 0) is 61.1 Å². The van der Waals surface area contributed by atoms with Crippen LogP contribution in [0.3, 0.4) is 0 Å². The van der Waals surface area contributed by atoms with Crippen molar-refractivity contribution in [2.75, 3.05) is 13.2 Å². The number of nitrogens with zero attached hydrogens (tertiary/aromatic N) is 1. The van der Waals surface area contributed by atoms with Crippen molar-refractivity contribution in [3.63, 3.8) is 0 Å². The number of benzene rings is 2. The van der Waals surface area contributed by atoms with E-state index >= 15 is 0 Å². The molecule has 3 rings (SSSR count). The standard InChI is InChI=1S/2C12H18O2.C6H5N.2ClH.Ti/c2*1-5-14-9-6-7-11(13)10(8-9)12(2,3)4;1-6-4-2-3-5-7-6;;;/h2*6-8,13H,5H2,1-4H3;1-5H;2*1H;. The zero-order valence-corrected chi connectivity index (χ0v) is 26.9. The Kier molecular flexibility index (Phi) is 18.3. The maximum atomic E-state index is 9.68. The Balaban J connectivity index is 0. The van der Waals surface area contributed by atoms with Crippen molar-refractivity contribution in [2.45, 2.75) is 66.2 Å². The molecule has 0 aliphatic carbocycles. The average molecular weight is 600 g/mol. The van der Waals surface area contributed by atoms with Gasteiger partial charge in [-0.2, -0.15) is 0 Å². The number of rotatable bonds is 5. The third kappa shape index (κ3) is 13.7. The fourth-order valence-electron chi connectivity index (χ4n) is 3.21. The summed E-state index contributed by atoms with van der Waals surface area (Å²) in [7, 11) is 0. The van der Waals surface area contributed by atoms with Crippen LogP contribution < -0.4 is 9.47 Å². The predicted molar refractivity (Wildman–Crippen MR) is 160 cm³/mol. The number of ether oxygens (including phenoxy) is 2. The fourth-order valence-corrected chi connectivity index (χ4v) is 3.47. The molecule has 2 aromatic carbocycles. The Morgan fingerprint density at radius 2 is 1.16 bits per heavy atom. The van der Waals surface area contributed by atoms with Crippen molar-refractivity contribution in [1.29, 1.82) is 0 Å². The number of aromatic hydroxyl groups is 2. The zero-order chi connectivity index (χ0) is 27.4. The van der Waals surface area contributed by atoms with Gasteiger partial charge in [0.1, 0.15) is 23.0 Å². The molecule has 0 bridgehead atoms. The van der Waals surface area contributed by atoms with Crippen LogP contribution in [0.2, 0.25) is 0 Å². The van der Waals surface area contributed by atoms with Gasteiger partial charge in [0.25, 0.3) is 0 Å². The van der Waals surface area contributed by atoms with Crippen molar-refractivity contribution in [3.8, 4) is 23.0 Å². The summed E-state index contributed by atoms with van der Waals surface area (Å²) in [4.78, 5) is 4.04. The van der Waals surface area contributed by atoms with E-state index in [1.807, 2.05) is 68.5 Å². The maximum absolute atomic E-state index is 9.68. The normalized spacial score (nSPS) is 10.2. The quantitative estimate of drug-likeness (QED) is 0.293. The van der Waals surface area contributed by atoms with Gasteiger partial charge in [-0.3, -0.25) is 0 Å². The van der Waals surface area contributed by atoms with Gasteiger partial charge in [-0.15, -0.1) is 24.8 Å². The second-order valence-electron chi connectivity index (χ2n) is 10.1. The number of phenolic OH excluding ortho intramolecular Hbond substituents is 2. The molecule has 0 atom stereocenters. The summed E-state index contributed by atoms with van der Waals surface area (Å²) in [5.74, 6) is 2.30. The Labute approximate surface area is 252 Å². The van der Waals surface area contributed by atoms with Crippen molar-refractivity contribution in [1.82, 2.24) is 4.98 Å². The molecule has 0 fully saturated rings. The Morgan fingerprint density at radius 1 is 0.737 bits per heavy atom. The summed E-state index contributed by atoms with van der Waals surface area (Å²) in [5.41, 5.74) is 2.76. The van der Waals surface area contributed by atoms with E-state index in [9.17, 15) is 10.2 Å². The first kappa shape index (κ1) is 38.1. The Bertz CT molecular complexity index is 1020. The summed E-state index contributed by atoms with van der Waals surface area (Å²) in [6.45, 7) is 17.6. The van der Waals surface area contributed by atoms with Crippen molar-refractivity contribution < 1.29 is 39.7 Å². The van der Waals surface area contributed by atoms with E-state index in [-0.39, 0.29) is 35.6 Å². The van der Waals surface area contributed by atoms with E-state index in [2.05, 4.69) is 46.5 Å². The number of phenols is 2. The first-order valence-electron chi connectivity index (χ1n) is 12.2. The molecule has 0 unspecified atom stereocenters. The van der Waals surface area contributed by atoms with Crippen LogP contribution in [-0.4, -0.2) is 32.7 Å². The number of hydrogen-bond acceptors (Lipinski definition) is 5. The molecule has 5 nitrogen and oxygen atoms in total. The second kappa shape index (κ2) is 18.3. The molecule has 0 aliphatic rings. The van der Waals surface area contributed by atoms with Gasteiger partial charge in [-0.1, -0.05) is 41.5 Å². The molecular weight excluding hydrogens is 557 g/mol. The van der Waals surface area contributed by atoms with Gasteiger partial charge in [0.2, 0.25) is 0 Å². The van der Waals surface area contributed by atoms with Crippen LogP contribution in [0.4, 0.5) is 0 Å². The van der Waals surface area contributed by atoms with Gasteiger partial charge in [0, 0.05) is 11.1 Å². The molecule has 1 heterocycles. The minimum absolute atomic E-state index is 0. The summed E-state index contributed by atoms with van der Waals surface area (Å²) < 4.78 is 12.7. The summed E-state index contributed by atoms with van der Waals surface area (Å²) in [5, 5.41) is 19.4. The van der Waals surface area contributed by atoms with E-state index in [4.69, 9.17) is 9.47 Å². The van der Waals surface area contributed by atoms with Crippen molar-refractivity contribution in [3.05, 3.63) is 77.6 Å². The Morgan fingerprint density at radius 3 is 1.42 bits per heavy atom. The molecule has 3 aromatic rings. The molecular formula is C30H43Cl2NO4Ti. The minimum atomic E-state index is -0.0583. The average Bonchev–Trinajstić information content (AvgIpc) is 2.82. The van der Waals surface area contributed by atoms with Gasteiger partial charge in [0.15, 0.2) is 0 Å². The first-order valence-corrected chi connectivity index (χ1v) is 13.1. The van der Waals surface area contributed by atoms with E-state index in [0.29, 0.717) is 24.7 Å². The van der Waals surface area contributed by atoms with E-state index in [1.54, 1.807) is 30.5 Å². The van der Waals surface area contributed by atoms with Crippen LogP contribution >= 0.6 is 24.8 Å². The van der Waals surface area contributed by atoms with Gasteiger partial charge in [-0.25, -0.2) is 0 Å². The van der Waals surface area contributed by atoms with Crippen LogP contribution in [-0.2, 0) is 30.8 Å². The molecule has 38 heavy (non-hydrogen) atoms. The SMILES string of the molecule is CCOc1ccc(O)c(C(C)(C)C)c1.CCOc1ccc(O)c(C(C)(C)C)c1.Cl.Cl.[Ti]=[CH]c1ccccn1. The predicted octanol–water partition coefficient (Wildman–Crippen LogP) is 7.80. The fraction of sp³-hybridized carbons (Fsp3) is 0.400. The van der Waals surface area contributed by atoms with E-state index < -0.39 is 0 Å². The van der Waals surface area contributed by atoms with Crippen LogP contribution in [0.25, 0.3) is 0 Å². The number of halogens is 2. The van der Waals surface area contributed by atoms with Crippen LogP contribution in [0.1, 0.15) is 72.2 Å². The van der Waals surface area contributed by atoms with Gasteiger partial charge >= 0.3 is 59.4 Å². The van der Waals surface area contributed by atoms with Crippen molar-refractivity contribution >= 4 is 29.1 Å². The first-order chi connectivity index (χ1) is 16.8. The zero-order valence-electron chi connectivity index (χ0n) is 23.7. The molecule has 2 N–H and O–H groups in total. The molecule has 0 saturated carbocycles. The number of pyridine rings is 1. The van der Waals surface area contributed by atoms with Crippen molar-refractivity contribution in [2.24, 2.45) is 0 Å². The molecule has 0 spiro atoms. The summed E-state index contributed by atoms with van der Waals surface area (Å²) >= 11 is 1.97. The summed E-state index contributed by atoms with van der Waals surface area (Å²) in [6.07, 6.45) is 1.79. The Hall–Kier alpha value is -2.05. The molecule has 0 saturated heterocycles. The molecule has 0 aliphatic heterocycles. The molecule has 210 valence electrons. The second-order valence-corrected chi connectivity index (χ2v) is 10.6. The van der Waals surface area contributed by atoms with Crippen LogP contribution in [0.15, 0.2) is 60.8 Å². The van der Waals surface area contributed by atoms with Gasteiger partial charge in [0.05, 0.1) is 13.2 Å². The van der Waals surface area contributed by atoms with E-state index in [1.165, 1.54) is 0 Å². The summed E-state index contributed by atoms with van der Waals surface area (Å²) in [6, 6.07) is 16.6. The number of hydrogen-bond donors (Lipinski definition) is 2. The molecule has 8 heteroatoms. The third-order valence-electron chi connectivity index (χ3n) is 5.01. The topological polar surface area (TPSA) is 71.8 Å². The molecule has 0 amide bonds. The monoisotopic (exact) mass is 599 g/mol. The van der Waals surface area contributed by atoms with Gasteiger partial charge < -0.3 is 19.7 Å². The van der Waals surface area contributed by atoms with Crippen LogP contribution in [0.5, 0.6) is 23.0 Å². The molecule has 1 aromatic heterocycles. The van der Waals surface area contributed by atoms with Crippen LogP contribution in [0, 0.1) is 0 Å². The third-order valence-corrected chi connectivity index (χ3v) is 5.47. The molecule has 0 radical (unpaired) electrons. The number of aromatic nitrogens is 1.